The first-order chi connectivity index (χ1) is 11.2. The zero-order chi connectivity index (χ0) is 17.9. The molecule has 2 aromatic carbocycles. The highest BCUT2D eigenvalue weighted by atomic mass is 32.2. The molecule has 0 aliphatic rings. The number of rotatable bonds is 6. The number of nitrogens with one attached hydrogen (secondary N) is 1. The quantitative estimate of drug-likeness (QED) is 0.637. The van der Waals surface area contributed by atoms with Crippen LogP contribution in [0.15, 0.2) is 47.4 Å². The van der Waals surface area contributed by atoms with Gasteiger partial charge in [-0.2, -0.15) is 0 Å². The molecule has 0 heterocycles. The monoisotopic (exact) mass is 348 g/mol. The first-order valence-electron chi connectivity index (χ1n) is 7.58. The lowest BCUT2D eigenvalue weighted by atomic mass is 10.0. The molecule has 0 aliphatic heterocycles. The van der Waals surface area contributed by atoms with E-state index in [0.717, 1.165) is 17.2 Å². The van der Waals surface area contributed by atoms with Crippen molar-refractivity contribution >= 4 is 15.7 Å². The molecule has 0 saturated heterocycles. The van der Waals surface area contributed by atoms with Crippen LogP contribution < -0.4 is 4.72 Å². The van der Waals surface area contributed by atoms with Crippen LogP contribution in [0.5, 0.6) is 0 Å². The minimum Gasteiger partial charge on any atom is -0.258 e. The van der Waals surface area contributed by atoms with Crippen LogP contribution in [0.4, 0.5) is 5.69 Å². The number of hydrogen-bond acceptors (Lipinski definition) is 4. The third-order valence-corrected chi connectivity index (χ3v) is 5.34. The van der Waals surface area contributed by atoms with Gasteiger partial charge in [0.1, 0.15) is 0 Å². The van der Waals surface area contributed by atoms with Crippen LogP contribution in [-0.2, 0) is 10.0 Å². The van der Waals surface area contributed by atoms with Gasteiger partial charge in [0.05, 0.1) is 9.82 Å². The van der Waals surface area contributed by atoms with Crippen LogP contribution in [0.3, 0.4) is 0 Å². The second-order valence-corrected chi connectivity index (χ2v) is 7.41. The number of benzene rings is 2. The predicted molar refractivity (Wildman–Crippen MR) is 92.4 cm³/mol. The summed E-state index contributed by atoms with van der Waals surface area (Å²) in [6.45, 7) is 5.41. The maximum Gasteiger partial charge on any atom is 0.273 e. The van der Waals surface area contributed by atoms with Crippen LogP contribution in [0.2, 0.25) is 0 Å². The SMILES string of the molecule is CCC(NS(=O)(=O)c1ccc(C)c([N+](=O)[O-])c1)c1ccc(C)cc1. The van der Waals surface area contributed by atoms with Gasteiger partial charge < -0.3 is 0 Å². The summed E-state index contributed by atoms with van der Waals surface area (Å²) in [7, 11) is -3.86. The van der Waals surface area contributed by atoms with Gasteiger partial charge in [0.2, 0.25) is 10.0 Å². The van der Waals surface area contributed by atoms with Crippen molar-refractivity contribution in [2.24, 2.45) is 0 Å². The van der Waals surface area contributed by atoms with Crippen LogP contribution in [0.25, 0.3) is 0 Å². The molecule has 24 heavy (non-hydrogen) atoms. The van der Waals surface area contributed by atoms with E-state index in [1.165, 1.54) is 12.1 Å². The molecule has 0 spiro atoms. The Hall–Kier alpha value is -2.25. The average Bonchev–Trinajstić information content (AvgIpc) is 2.53. The average molecular weight is 348 g/mol. The highest BCUT2D eigenvalue weighted by Gasteiger charge is 2.23. The number of hydrogen-bond donors (Lipinski definition) is 1. The van der Waals surface area contributed by atoms with Gasteiger partial charge in [0.15, 0.2) is 0 Å². The first kappa shape index (κ1) is 18.1. The van der Waals surface area contributed by atoms with Crippen molar-refractivity contribution in [1.82, 2.24) is 4.72 Å². The topological polar surface area (TPSA) is 89.3 Å². The van der Waals surface area contributed by atoms with E-state index in [2.05, 4.69) is 4.72 Å². The molecule has 2 rings (SSSR count). The maximum absolute atomic E-state index is 12.6. The summed E-state index contributed by atoms with van der Waals surface area (Å²) in [5.41, 5.74) is 2.16. The van der Waals surface area contributed by atoms with Crippen molar-refractivity contribution < 1.29 is 13.3 Å². The standard InChI is InChI=1S/C17H20N2O4S/c1-4-16(14-8-5-12(2)6-9-14)18-24(22,23)15-10-7-13(3)17(11-15)19(20)21/h5-11,16,18H,4H2,1-3H3. The predicted octanol–water partition coefficient (Wildman–Crippen LogP) is 3.64. The second-order valence-electron chi connectivity index (χ2n) is 5.70. The molecule has 1 atom stereocenters. The summed E-state index contributed by atoms with van der Waals surface area (Å²) < 4.78 is 27.8. The molecular formula is C17H20N2O4S. The highest BCUT2D eigenvalue weighted by molar-refractivity contribution is 7.89. The number of nitrogens with zero attached hydrogens (tertiary/aromatic N) is 1. The lowest BCUT2D eigenvalue weighted by molar-refractivity contribution is -0.385. The fraction of sp³-hybridized carbons (Fsp3) is 0.294. The van der Waals surface area contributed by atoms with Crippen LogP contribution in [-0.4, -0.2) is 13.3 Å². The molecular weight excluding hydrogens is 328 g/mol. The van der Waals surface area contributed by atoms with E-state index in [1.54, 1.807) is 6.92 Å². The molecule has 2 aromatic rings. The normalized spacial score (nSPS) is 12.8. The largest absolute Gasteiger partial charge is 0.273 e. The van der Waals surface area contributed by atoms with Crippen molar-refractivity contribution in [3.05, 3.63) is 69.3 Å². The van der Waals surface area contributed by atoms with Gasteiger partial charge in [0.25, 0.3) is 5.69 Å². The molecule has 0 radical (unpaired) electrons. The summed E-state index contributed by atoms with van der Waals surface area (Å²) in [5.74, 6) is 0. The van der Waals surface area contributed by atoms with E-state index in [1.807, 2.05) is 38.1 Å². The fourth-order valence-corrected chi connectivity index (χ4v) is 3.72. The Bertz CT molecular complexity index is 845. The number of nitro benzene ring substituents is 1. The van der Waals surface area contributed by atoms with Gasteiger partial charge in [-0.15, -0.1) is 0 Å². The molecule has 0 amide bonds. The fourth-order valence-electron chi connectivity index (χ4n) is 2.39. The van der Waals surface area contributed by atoms with E-state index in [9.17, 15) is 18.5 Å². The Morgan fingerprint density at radius 3 is 2.29 bits per heavy atom. The molecule has 7 heteroatoms. The van der Waals surface area contributed by atoms with Gasteiger partial charge in [-0.3, -0.25) is 10.1 Å². The summed E-state index contributed by atoms with van der Waals surface area (Å²) in [6.07, 6.45) is 0.566. The first-order valence-corrected chi connectivity index (χ1v) is 9.07. The molecule has 0 saturated carbocycles. The summed E-state index contributed by atoms with van der Waals surface area (Å²) in [5, 5.41) is 11.0. The molecule has 1 unspecified atom stereocenters. The van der Waals surface area contributed by atoms with E-state index in [4.69, 9.17) is 0 Å². The minimum absolute atomic E-state index is 0.106. The van der Waals surface area contributed by atoms with E-state index in [-0.39, 0.29) is 10.6 Å². The van der Waals surface area contributed by atoms with E-state index < -0.39 is 21.0 Å². The lowest BCUT2D eigenvalue weighted by Crippen LogP contribution is -2.28. The van der Waals surface area contributed by atoms with Crippen LogP contribution in [0.1, 0.15) is 36.1 Å². The Morgan fingerprint density at radius 2 is 1.75 bits per heavy atom. The van der Waals surface area contributed by atoms with Crippen molar-refractivity contribution in [2.75, 3.05) is 0 Å². The van der Waals surface area contributed by atoms with Crippen molar-refractivity contribution in [3.8, 4) is 0 Å². The number of aryl methyl sites for hydroxylation is 2. The van der Waals surface area contributed by atoms with Gasteiger partial charge in [-0.05, 0) is 31.9 Å². The lowest BCUT2D eigenvalue weighted by Gasteiger charge is -2.18. The Morgan fingerprint density at radius 1 is 1.12 bits per heavy atom. The van der Waals surface area contributed by atoms with E-state index in [0.29, 0.717) is 12.0 Å². The Labute approximate surface area is 141 Å². The molecule has 1 N–H and O–H groups in total. The Kier molecular flexibility index (Phi) is 5.36. The molecule has 0 aliphatic carbocycles. The molecule has 0 fully saturated rings. The maximum atomic E-state index is 12.6. The van der Waals surface area contributed by atoms with Crippen molar-refractivity contribution in [2.45, 2.75) is 38.1 Å². The molecule has 128 valence electrons. The van der Waals surface area contributed by atoms with Crippen LogP contribution >= 0.6 is 0 Å². The summed E-state index contributed by atoms with van der Waals surface area (Å²) in [4.78, 5) is 10.3. The van der Waals surface area contributed by atoms with Crippen LogP contribution in [0, 0.1) is 24.0 Å². The summed E-state index contributed by atoms with van der Waals surface area (Å²) >= 11 is 0. The third-order valence-electron chi connectivity index (χ3n) is 3.87. The van der Waals surface area contributed by atoms with Gasteiger partial charge in [-0.25, -0.2) is 13.1 Å². The zero-order valence-electron chi connectivity index (χ0n) is 13.8. The van der Waals surface area contributed by atoms with Gasteiger partial charge in [-0.1, -0.05) is 42.8 Å². The number of sulfonamides is 1. The molecule has 0 bridgehead atoms. The van der Waals surface area contributed by atoms with Crippen molar-refractivity contribution in [3.63, 3.8) is 0 Å². The Balaban J connectivity index is 2.34. The zero-order valence-corrected chi connectivity index (χ0v) is 14.6. The highest BCUT2D eigenvalue weighted by Crippen LogP contribution is 2.25. The van der Waals surface area contributed by atoms with Crippen molar-refractivity contribution in [1.29, 1.82) is 0 Å². The van der Waals surface area contributed by atoms with Gasteiger partial charge in [0, 0.05) is 17.7 Å². The third kappa shape index (κ3) is 3.98. The smallest absolute Gasteiger partial charge is 0.258 e. The van der Waals surface area contributed by atoms with Gasteiger partial charge >= 0.3 is 0 Å². The number of nitro groups is 1. The summed E-state index contributed by atoms with van der Waals surface area (Å²) in [6, 6.07) is 11.1. The van der Waals surface area contributed by atoms with E-state index >= 15 is 0 Å². The second kappa shape index (κ2) is 7.11. The molecule has 6 nitrogen and oxygen atoms in total. The molecule has 0 aromatic heterocycles. The minimum atomic E-state index is -3.86.